The van der Waals surface area contributed by atoms with Gasteiger partial charge in [-0.05, 0) is 6.92 Å². The molecule has 0 saturated carbocycles. The maximum Gasteiger partial charge on any atom is 0.306 e. The fourth-order valence-electron chi connectivity index (χ4n) is 1.37. The molecule has 7 nitrogen and oxygen atoms in total. The summed E-state index contributed by atoms with van der Waals surface area (Å²) in [7, 11) is 1.42. The molecule has 104 valence electrons. The number of ketones is 1. The molecule has 0 fully saturated rings. The molecule has 1 aromatic heterocycles. The summed E-state index contributed by atoms with van der Waals surface area (Å²) in [6, 6.07) is 2.69. The fourth-order valence-corrected chi connectivity index (χ4v) is 1.37. The molecule has 0 unspecified atom stereocenters. The molecule has 19 heavy (non-hydrogen) atoms. The first kappa shape index (κ1) is 14.9. The summed E-state index contributed by atoms with van der Waals surface area (Å²) in [6.45, 7) is 1.79. The molecule has 1 heterocycles. The molecule has 0 bridgehead atoms. The van der Waals surface area contributed by atoms with Crippen molar-refractivity contribution in [1.29, 1.82) is 0 Å². The summed E-state index contributed by atoms with van der Waals surface area (Å²) in [4.78, 5) is 34.2. The molecule has 0 amide bonds. The molecule has 0 radical (unpaired) electrons. The van der Waals surface area contributed by atoms with E-state index in [1.54, 1.807) is 6.92 Å². The molecular formula is C12H16N2O5. The molecule has 0 aliphatic rings. The predicted octanol–water partition coefficient (Wildman–Crippen LogP) is 0.164. The lowest BCUT2D eigenvalue weighted by Gasteiger charge is -2.05. The van der Waals surface area contributed by atoms with Crippen LogP contribution in [0.5, 0.6) is 5.88 Å². The molecule has 0 atom stereocenters. The van der Waals surface area contributed by atoms with Gasteiger partial charge >= 0.3 is 5.97 Å². The third-order valence-corrected chi connectivity index (χ3v) is 2.29. The average molecular weight is 268 g/mol. The van der Waals surface area contributed by atoms with Gasteiger partial charge in [-0.15, -0.1) is 5.10 Å². The minimum absolute atomic E-state index is 0.00535. The van der Waals surface area contributed by atoms with Gasteiger partial charge in [-0.3, -0.25) is 14.4 Å². The summed E-state index contributed by atoms with van der Waals surface area (Å²) in [5, 5.41) is 3.84. The van der Waals surface area contributed by atoms with Crippen LogP contribution in [0.3, 0.4) is 0 Å². The first-order valence-corrected chi connectivity index (χ1v) is 5.86. The largest absolute Gasteiger partial charge is 0.480 e. The van der Waals surface area contributed by atoms with Crippen molar-refractivity contribution in [3.8, 4) is 5.88 Å². The predicted molar refractivity (Wildman–Crippen MR) is 65.9 cm³/mol. The summed E-state index contributed by atoms with van der Waals surface area (Å²) in [5.74, 6) is -0.449. The normalized spacial score (nSPS) is 10.0. The number of carbonyl (C=O) groups is 2. The van der Waals surface area contributed by atoms with E-state index in [0.717, 1.165) is 4.68 Å². The van der Waals surface area contributed by atoms with E-state index in [1.807, 2.05) is 0 Å². The van der Waals surface area contributed by atoms with Gasteiger partial charge in [0.1, 0.15) is 6.54 Å². The smallest absolute Gasteiger partial charge is 0.306 e. The van der Waals surface area contributed by atoms with Gasteiger partial charge in [-0.2, -0.15) is 0 Å². The van der Waals surface area contributed by atoms with E-state index < -0.39 is 11.5 Å². The molecule has 7 heteroatoms. The van der Waals surface area contributed by atoms with Gasteiger partial charge in [-0.25, -0.2) is 4.68 Å². The quantitative estimate of drug-likeness (QED) is 0.655. The van der Waals surface area contributed by atoms with Crippen LogP contribution in [-0.4, -0.2) is 35.2 Å². The highest BCUT2D eigenvalue weighted by Gasteiger charge is 2.10. The Morgan fingerprint density at radius 2 is 2.05 bits per heavy atom. The zero-order valence-corrected chi connectivity index (χ0v) is 10.9. The van der Waals surface area contributed by atoms with Crippen molar-refractivity contribution in [2.24, 2.45) is 0 Å². The molecule has 0 aromatic carbocycles. The second-order valence-corrected chi connectivity index (χ2v) is 3.72. The van der Waals surface area contributed by atoms with Crippen molar-refractivity contribution in [1.82, 2.24) is 9.78 Å². The van der Waals surface area contributed by atoms with Crippen LogP contribution >= 0.6 is 0 Å². The Kier molecular flexibility index (Phi) is 5.72. The number of carbonyl (C=O) groups excluding carboxylic acids is 2. The van der Waals surface area contributed by atoms with Crippen molar-refractivity contribution < 1.29 is 19.1 Å². The van der Waals surface area contributed by atoms with Crippen LogP contribution < -0.4 is 10.3 Å². The third-order valence-electron chi connectivity index (χ3n) is 2.29. The number of rotatable bonds is 7. The highest BCUT2D eigenvalue weighted by molar-refractivity contribution is 5.82. The second kappa shape index (κ2) is 7.30. The summed E-state index contributed by atoms with van der Waals surface area (Å²) in [5.41, 5.74) is -0.398. The first-order valence-electron chi connectivity index (χ1n) is 5.86. The summed E-state index contributed by atoms with van der Waals surface area (Å²) < 4.78 is 10.6. The third kappa shape index (κ3) is 4.90. The maximum absolute atomic E-state index is 11.6. The van der Waals surface area contributed by atoms with Crippen molar-refractivity contribution in [2.45, 2.75) is 26.3 Å². The van der Waals surface area contributed by atoms with Crippen molar-refractivity contribution in [3.05, 3.63) is 22.5 Å². The maximum atomic E-state index is 11.6. The lowest BCUT2D eigenvalue weighted by molar-refractivity contribution is -0.144. The second-order valence-electron chi connectivity index (χ2n) is 3.72. The van der Waals surface area contributed by atoms with Crippen molar-refractivity contribution in [3.63, 3.8) is 0 Å². The fraction of sp³-hybridized carbons (Fsp3) is 0.500. The number of nitrogens with zero attached hydrogens (tertiary/aromatic N) is 2. The molecule has 1 aromatic rings. The lowest BCUT2D eigenvalue weighted by atomic mass is 10.2. The number of esters is 1. The van der Waals surface area contributed by atoms with Gasteiger partial charge in [0.25, 0.3) is 5.56 Å². The van der Waals surface area contributed by atoms with E-state index in [2.05, 4.69) is 5.10 Å². The topological polar surface area (TPSA) is 87.5 Å². The Bertz CT molecular complexity index is 509. The molecule has 0 aliphatic carbocycles. The van der Waals surface area contributed by atoms with Crippen LogP contribution in [0.2, 0.25) is 0 Å². The van der Waals surface area contributed by atoms with Crippen molar-refractivity contribution in [2.75, 3.05) is 13.7 Å². The Hall–Kier alpha value is -2.18. The van der Waals surface area contributed by atoms with Gasteiger partial charge in [0, 0.05) is 18.6 Å². The molecule has 0 N–H and O–H groups in total. The Morgan fingerprint density at radius 3 is 2.68 bits per heavy atom. The SMILES string of the molecule is CCOC(=O)CCC(=O)Cn1nc(OC)ccc1=O. The first-order chi connectivity index (χ1) is 9.06. The van der Waals surface area contributed by atoms with Crippen LogP contribution in [0.15, 0.2) is 16.9 Å². The average Bonchev–Trinajstić information content (AvgIpc) is 2.39. The number of hydrogen-bond donors (Lipinski definition) is 0. The number of ether oxygens (including phenoxy) is 2. The molecule has 0 aliphatic heterocycles. The van der Waals surface area contributed by atoms with E-state index in [0.29, 0.717) is 0 Å². The molecule has 0 spiro atoms. The van der Waals surface area contributed by atoms with Crippen LogP contribution in [0, 0.1) is 0 Å². The number of hydrogen-bond acceptors (Lipinski definition) is 6. The highest BCUT2D eigenvalue weighted by Crippen LogP contribution is 2.01. The zero-order chi connectivity index (χ0) is 14.3. The van der Waals surface area contributed by atoms with Crippen LogP contribution in [0.25, 0.3) is 0 Å². The lowest BCUT2D eigenvalue weighted by Crippen LogP contribution is -2.26. The van der Waals surface area contributed by atoms with Gasteiger partial charge in [-0.1, -0.05) is 0 Å². The Morgan fingerprint density at radius 1 is 1.32 bits per heavy atom. The summed E-state index contributed by atoms with van der Waals surface area (Å²) >= 11 is 0. The van der Waals surface area contributed by atoms with Crippen LogP contribution in [0.4, 0.5) is 0 Å². The Balaban J connectivity index is 2.57. The Labute approximate surface area is 110 Å². The van der Waals surface area contributed by atoms with E-state index in [1.165, 1.54) is 19.2 Å². The molecular weight excluding hydrogens is 252 g/mol. The van der Waals surface area contributed by atoms with Crippen LogP contribution in [0.1, 0.15) is 19.8 Å². The number of aromatic nitrogens is 2. The van der Waals surface area contributed by atoms with Gasteiger partial charge in [0.15, 0.2) is 5.78 Å². The standard InChI is InChI=1S/C12H16N2O5/c1-3-19-12(17)7-4-9(15)8-14-11(16)6-5-10(13-14)18-2/h5-6H,3-4,7-8H2,1-2H3. The molecule has 0 saturated heterocycles. The minimum Gasteiger partial charge on any atom is -0.480 e. The van der Waals surface area contributed by atoms with E-state index in [-0.39, 0.29) is 37.7 Å². The van der Waals surface area contributed by atoms with Crippen molar-refractivity contribution >= 4 is 11.8 Å². The summed E-state index contributed by atoms with van der Waals surface area (Å²) in [6.07, 6.45) is 0.0234. The van der Waals surface area contributed by atoms with E-state index >= 15 is 0 Å². The van der Waals surface area contributed by atoms with Gasteiger partial charge in [0.2, 0.25) is 5.88 Å². The van der Waals surface area contributed by atoms with Gasteiger partial charge < -0.3 is 9.47 Å². The molecule has 1 rings (SSSR count). The van der Waals surface area contributed by atoms with Gasteiger partial charge in [0.05, 0.1) is 20.1 Å². The zero-order valence-electron chi connectivity index (χ0n) is 10.9. The van der Waals surface area contributed by atoms with Crippen LogP contribution in [-0.2, 0) is 20.9 Å². The van der Waals surface area contributed by atoms with E-state index in [9.17, 15) is 14.4 Å². The number of methoxy groups -OCH3 is 1. The number of Topliss-reactive ketones (excluding diaryl/α,β-unsaturated/α-hetero) is 1. The monoisotopic (exact) mass is 268 g/mol. The minimum atomic E-state index is -0.429. The van der Waals surface area contributed by atoms with E-state index in [4.69, 9.17) is 9.47 Å². The highest BCUT2D eigenvalue weighted by atomic mass is 16.5.